The number of hydrogen-bond donors (Lipinski definition) is 1. The van der Waals surface area contributed by atoms with Crippen LogP contribution >= 0.6 is 11.6 Å². The number of fused-ring (bicyclic) bond motifs is 1. The molecule has 2 aliphatic rings. The van der Waals surface area contributed by atoms with Crippen LogP contribution in [0.4, 0.5) is 0 Å². The zero-order valence-electron chi connectivity index (χ0n) is 20.9. The van der Waals surface area contributed by atoms with Crippen molar-refractivity contribution in [2.75, 3.05) is 6.54 Å². The van der Waals surface area contributed by atoms with Crippen LogP contribution in [0.3, 0.4) is 0 Å². The highest BCUT2D eigenvalue weighted by Gasteiger charge is 2.41. The molecular weight excluding hydrogens is 514 g/mol. The molecule has 1 unspecified atom stereocenters. The number of amides is 3. The fourth-order valence-corrected chi connectivity index (χ4v) is 6.83. The van der Waals surface area contributed by atoms with E-state index in [0.717, 1.165) is 36.4 Å². The third kappa shape index (κ3) is 5.83. The molecule has 0 aromatic heterocycles. The highest BCUT2D eigenvalue weighted by molar-refractivity contribution is 7.90. The van der Waals surface area contributed by atoms with Gasteiger partial charge < -0.3 is 10.2 Å². The van der Waals surface area contributed by atoms with Gasteiger partial charge in [0.05, 0.1) is 5.56 Å². The number of benzene rings is 2. The lowest BCUT2D eigenvalue weighted by atomic mass is 9.95. The minimum atomic E-state index is -4.03. The van der Waals surface area contributed by atoms with Crippen molar-refractivity contribution in [3.8, 4) is 0 Å². The lowest BCUT2D eigenvalue weighted by Crippen LogP contribution is -2.52. The summed E-state index contributed by atoms with van der Waals surface area (Å²) in [4.78, 5) is 41.1. The Balaban J connectivity index is 1.54. The van der Waals surface area contributed by atoms with Crippen LogP contribution in [-0.4, -0.2) is 54.0 Å². The molecule has 3 amide bonds. The quantitative estimate of drug-likeness (QED) is 0.510. The summed E-state index contributed by atoms with van der Waals surface area (Å²) in [7, 11) is -4.03. The third-order valence-corrected chi connectivity index (χ3v) is 9.29. The lowest BCUT2D eigenvalue weighted by Gasteiger charge is -2.33. The molecule has 0 saturated heterocycles. The van der Waals surface area contributed by atoms with Gasteiger partial charge >= 0.3 is 0 Å². The number of rotatable bonds is 9. The fraction of sp³-hybridized carbons (Fsp3) is 0.444. The zero-order chi connectivity index (χ0) is 26.6. The number of hydrogen-bond acceptors (Lipinski definition) is 5. The van der Waals surface area contributed by atoms with Crippen molar-refractivity contribution in [2.24, 2.45) is 0 Å². The largest absolute Gasteiger partial charge is 0.352 e. The molecule has 2 aromatic carbocycles. The molecule has 1 saturated carbocycles. The number of halogens is 1. The van der Waals surface area contributed by atoms with Gasteiger partial charge in [-0.1, -0.05) is 68.1 Å². The molecule has 4 rings (SSSR count). The number of carbonyl (C=O) groups excluding carboxylic acids is 3. The van der Waals surface area contributed by atoms with Gasteiger partial charge in [-0.25, -0.2) is 12.7 Å². The normalized spacial score (nSPS) is 17.8. The second kappa shape index (κ2) is 11.6. The Kier molecular flexibility index (Phi) is 8.54. The summed E-state index contributed by atoms with van der Waals surface area (Å²) < 4.78 is 26.6. The zero-order valence-corrected chi connectivity index (χ0v) is 22.4. The summed E-state index contributed by atoms with van der Waals surface area (Å²) in [6.45, 7) is 1.62. The van der Waals surface area contributed by atoms with Crippen LogP contribution < -0.4 is 5.32 Å². The molecule has 37 heavy (non-hydrogen) atoms. The molecule has 2 aromatic rings. The van der Waals surface area contributed by atoms with Crippen LogP contribution in [0.2, 0.25) is 5.02 Å². The molecule has 1 fully saturated rings. The van der Waals surface area contributed by atoms with E-state index in [0.29, 0.717) is 17.0 Å². The molecule has 8 nitrogen and oxygen atoms in total. The van der Waals surface area contributed by atoms with Crippen LogP contribution in [0.15, 0.2) is 53.4 Å². The third-order valence-electron chi connectivity index (χ3n) is 7.08. The van der Waals surface area contributed by atoms with E-state index in [9.17, 15) is 22.8 Å². The molecule has 1 N–H and O–H groups in total. The fourth-order valence-electron chi connectivity index (χ4n) is 5.07. The van der Waals surface area contributed by atoms with Gasteiger partial charge in [-0.3, -0.25) is 14.4 Å². The average Bonchev–Trinajstić information content (AvgIpc) is 3.09. The van der Waals surface area contributed by atoms with Crippen molar-refractivity contribution in [3.63, 3.8) is 0 Å². The van der Waals surface area contributed by atoms with Crippen LogP contribution in [0, 0.1) is 0 Å². The summed E-state index contributed by atoms with van der Waals surface area (Å²) in [5.74, 6) is -1.31. The number of carbonyl (C=O) groups is 3. The summed E-state index contributed by atoms with van der Waals surface area (Å²) in [5.41, 5.74) is 0.778. The average molecular weight is 546 g/mol. The molecule has 1 heterocycles. The van der Waals surface area contributed by atoms with Crippen LogP contribution in [-0.2, 0) is 26.2 Å². The lowest BCUT2D eigenvalue weighted by molar-refractivity contribution is -0.141. The summed E-state index contributed by atoms with van der Waals surface area (Å²) in [5, 5.41) is 3.58. The van der Waals surface area contributed by atoms with E-state index in [1.165, 1.54) is 17.0 Å². The number of nitrogens with one attached hydrogen (secondary N) is 1. The van der Waals surface area contributed by atoms with Crippen molar-refractivity contribution >= 4 is 39.3 Å². The van der Waals surface area contributed by atoms with Crippen molar-refractivity contribution in [2.45, 2.75) is 75.4 Å². The number of nitrogens with zero attached hydrogens (tertiary/aromatic N) is 2. The minimum Gasteiger partial charge on any atom is -0.352 e. The smallest absolute Gasteiger partial charge is 0.269 e. The maximum atomic E-state index is 13.6. The van der Waals surface area contributed by atoms with Gasteiger partial charge in [0.25, 0.3) is 15.9 Å². The van der Waals surface area contributed by atoms with Crippen LogP contribution in [0.25, 0.3) is 0 Å². The van der Waals surface area contributed by atoms with E-state index in [-0.39, 0.29) is 41.9 Å². The maximum Gasteiger partial charge on any atom is 0.269 e. The summed E-state index contributed by atoms with van der Waals surface area (Å²) >= 11 is 6.37. The Morgan fingerprint density at radius 2 is 1.76 bits per heavy atom. The first-order chi connectivity index (χ1) is 17.7. The van der Waals surface area contributed by atoms with Crippen LogP contribution in [0.5, 0.6) is 0 Å². The Morgan fingerprint density at radius 3 is 2.43 bits per heavy atom. The Bertz CT molecular complexity index is 1280. The molecule has 0 bridgehead atoms. The first kappa shape index (κ1) is 27.1. The second-order valence-corrected chi connectivity index (χ2v) is 11.7. The van der Waals surface area contributed by atoms with Gasteiger partial charge in [0, 0.05) is 30.6 Å². The predicted octanol–water partition coefficient (Wildman–Crippen LogP) is 4.13. The first-order valence-corrected chi connectivity index (χ1v) is 14.5. The molecular formula is C27H32ClN3O5S. The first-order valence-electron chi connectivity index (χ1n) is 12.7. The molecule has 1 aliphatic carbocycles. The Hall–Kier alpha value is -2.91. The van der Waals surface area contributed by atoms with Gasteiger partial charge in [0.15, 0.2) is 0 Å². The van der Waals surface area contributed by atoms with Crippen molar-refractivity contribution in [3.05, 3.63) is 64.7 Å². The van der Waals surface area contributed by atoms with Crippen molar-refractivity contribution < 1.29 is 22.8 Å². The summed E-state index contributed by atoms with van der Waals surface area (Å²) in [6, 6.07) is 12.4. The van der Waals surface area contributed by atoms with Gasteiger partial charge in [-0.05, 0) is 43.0 Å². The molecule has 198 valence electrons. The van der Waals surface area contributed by atoms with Gasteiger partial charge in [-0.15, -0.1) is 0 Å². The van der Waals surface area contributed by atoms with E-state index in [1.54, 1.807) is 36.4 Å². The van der Waals surface area contributed by atoms with Crippen LogP contribution in [0.1, 0.15) is 67.8 Å². The van der Waals surface area contributed by atoms with E-state index in [1.807, 2.05) is 6.92 Å². The molecule has 10 heteroatoms. The van der Waals surface area contributed by atoms with Crippen molar-refractivity contribution in [1.82, 2.24) is 14.5 Å². The molecule has 0 spiro atoms. The molecule has 1 aliphatic heterocycles. The second-order valence-electron chi connectivity index (χ2n) is 9.51. The van der Waals surface area contributed by atoms with E-state index in [2.05, 4.69) is 5.32 Å². The topological polar surface area (TPSA) is 104 Å². The predicted molar refractivity (Wildman–Crippen MR) is 140 cm³/mol. The summed E-state index contributed by atoms with van der Waals surface area (Å²) in [6.07, 6.45) is 5.22. The van der Waals surface area contributed by atoms with E-state index < -0.39 is 27.9 Å². The highest BCUT2D eigenvalue weighted by atomic mass is 35.5. The number of sulfonamides is 1. The SMILES string of the molecule is CCC(C(=O)NC1CCCCC1)N(Cc1ccccc1Cl)C(=O)CCN1C(=O)c2ccccc2S1(=O)=O. The van der Waals surface area contributed by atoms with Crippen molar-refractivity contribution in [1.29, 1.82) is 0 Å². The van der Waals surface area contributed by atoms with E-state index >= 15 is 0 Å². The Morgan fingerprint density at radius 1 is 1.08 bits per heavy atom. The van der Waals surface area contributed by atoms with Gasteiger partial charge in [-0.2, -0.15) is 0 Å². The van der Waals surface area contributed by atoms with Gasteiger partial charge in [0.1, 0.15) is 10.9 Å². The highest BCUT2D eigenvalue weighted by Crippen LogP contribution is 2.30. The van der Waals surface area contributed by atoms with E-state index in [4.69, 9.17) is 11.6 Å². The standard InChI is InChI=1S/C27H32ClN3O5S/c1-2-23(26(33)29-20-11-4-3-5-12-20)30(18-19-10-6-8-14-22(19)28)25(32)16-17-31-27(34)21-13-7-9-15-24(21)37(31,35)36/h6-10,13-15,20,23H,2-5,11-12,16-18H2,1H3,(H,29,33). The molecule has 1 atom stereocenters. The molecule has 0 radical (unpaired) electrons. The maximum absolute atomic E-state index is 13.6. The minimum absolute atomic E-state index is 0.0568. The monoisotopic (exact) mass is 545 g/mol. The Labute approximate surface area is 223 Å². The van der Waals surface area contributed by atoms with Gasteiger partial charge in [0.2, 0.25) is 11.8 Å².